The van der Waals surface area contributed by atoms with Crippen LogP contribution in [0.2, 0.25) is 0 Å². The molecule has 1 fully saturated rings. The van der Waals surface area contributed by atoms with E-state index in [0.29, 0.717) is 0 Å². The highest BCUT2D eigenvalue weighted by Crippen LogP contribution is 2.21. The fourth-order valence-electron chi connectivity index (χ4n) is 1.42. The summed E-state index contributed by atoms with van der Waals surface area (Å²) in [6.07, 6.45) is 1.61. The molecule has 0 aliphatic carbocycles. The van der Waals surface area contributed by atoms with Crippen molar-refractivity contribution in [2.24, 2.45) is 0 Å². The van der Waals surface area contributed by atoms with E-state index in [2.05, 4.69) is 15.2 Å². The van der Waals surface area contributed by atoms with Crippen LogP contribution < -0.4 is 10.2 Å². The molecule has 2 N–H and O–H groups in total. The van der Waals surface area contributed by atoms with Crippen molar-refractivity contribution < 1.29 is 5.11 Å². The molecule has 0 spiro atoms. The SMILES string of the molecule is CNc1cc(N2CC(O)C2)ccn1. The molecule has 0 amide bonds. The van der Waals surface area contributed by atoms with E-state index in [4.69, 9.17) is 5.11 Å². The number of rotatable bonds is 2. The van der Waals surface area contributed by atoms with Crippen LogP contribution in [-0.2, 0) is 0 Å². The first kappa shape index (κ1) is 8.31. The van der Waals surface area contributed by atoms with Crippen molar-refractivity contribution in [3.63, 3.8) is 0 Å². The summed E-state index contributed by atoms with van der Waals surface area (Å²) < 4.78 is 0. The molecule has 0 aromatic carbocycles. The van der Waals surface area contributed by atoms with Gasteiger partial charge in [-0.15, -0.1) is 0 Å². The van der Waals surface area contributed by atoms with Crippen molar-refractivity contribution in [1.82, 2.24) is 4.98 Å². The van der Waals surface area contributed by atoms with E-state index in [1.54, 1.807) is 6.20 Å². The van der Waals surface area contributed by atoms with E-state index < -0.39 is 0 Å². The molecule has 1 aliphatic rings. The van der Waals surface area contributed by atoms with Gasteiger partial charge in [0, 0.05) is 38.1 Å². The fourth-order valence-corrected chi connectivity index (χ4v) is 1.42. The zero-order valence-electron chi connectivity index (χ0n) is 7.57. The van der Waals surface area contributed by atoms with Crippen LogP contribution in [0.1, 0.15) is 0 Å². The molecule has 1 saturated heterocycles. The van der Waals surface area contributed by atoms with Crippen molar-refractivity contribution in [2.45, 2.75) is 6.10 Å². The second kappa shape index (κ2) is 3.22. The number of aromatic nitrogens is 1. The van der Waals surface area contributed by atoms with Gasteiger partial charge in [-0.05, 0) is 6.07 Å². The Hall–Kier alpha value is -1.29. The average Bonchev–Trinajstić information content (AvgIpc) is 2.13. The van der Waals surface area contributed by atoms with Crippen LogP contribution >= 0.6 is 0 Å². The van der Waals surface area contributed by atoms with Crippen LogP contribution in [0.3, 0.4) is 0 Å². The quantitative estimate of drug-likeness (QED) is 0.685. The van der Waals surface area contributed by atoms with Gasteiger partial charge in [-0.2, -0.15) is 0 Å². The zero-order valence-corrected chi connectivity index (χ0v) is 7.57. The maximum atomic E-state index is 9.13. The fraction of sp³-hybridized carbons (Fsp3) is 0.444. The molecule has 2 heterocycles. The van der Waals surface area contributed by atoms with Crippen molar-refractivity contribution in [2.75, 3.05) is 30.4 Å². The maximum Gasteiger partial charge on any atom is 0.127 e. The Balaban J connectivity index is 2.12. The molecule has 0 bridgehead atoms. The predicted molar refractivity (Wildman–Crippen MR) is 52.0 cm³/mol. The number of nitrogens with one attached hydrogen (secondary N) is 1. The third-order valence-electron chi connectivity index (χ3n) is 2.23. The van der Waals surface area contributed by atoms with E-state index >= 15 is 0 Å². The van der Waals surface area contributed by atoms with Crippen LogP contribution in [0.4, 0.5) is 11.5 Å². The maximum absolute atomic E-state index is 9.13. The van der Waals surface area contributed by atoms with Crippen molar-refractivity contribution in [3.8, 4) is 0 Å². The molecule has 1 aliphatic heterocycles. The standard InChI is InChI=1S/C9H13N3O/c1-10-9-4-7(2-3-11-9)12-5-8(13)6-12/h2-4,8,13H,5-6H2,1H3,(H,10,11). The number of nitrogens with zero attached hydrogens (tertiary/aromatic N) is 2. The largest absolute Gasteiger partial charge is 0.389 e. The molecule has 1 aromatic rings. The molecule has 0 unspecified atom stereocenters. The van der Waals surface area contributed by atoms with E-state index in [1.807, 2.05) is 19.2 Å². The minimum Gasteiger partial charge on any atom is -0.389 e. The first-order valence-electron chi connectivity index (χ1n) is 4.36. The van der Waals surface area contributed by atoms with Gasteiger partial charge < -0.3 is 15.3 Å². The summed E-state index contributed by atoms with van der Waals surface area (Å²) >= 11 is 0. The Morgan fingerprint density at radius 2 is 2.38 bits per heavy atom. The number of aliphatic hydroxyl groups excluding tert-OH is 1. The van der Waals surface area contributed by atoms with E-state index in [-0.39, 0.29) is 6.10 Å². The minimum absolute atomic E-state index is 0.161. The predicted octanol–water partition coefficient (Wildman–Crippen LogP) is 0.304. The van der Waals surface area contributed by atoms with Gasteiger partial charge >= 0.3 is 0 Å². The molecule has 0 radical (unpaired) electrons. The normalized spacial score (nSPS) is 16.9. The van der Waals surface area contributed by atoms with Gasteiger partial charge in [-0.1, -0.05) is 0 Å². The van der Waals surface area contributed by atoms with E-state index in [9.17, 15) is 0 Å². The second-order valence-corrected chi connectivity index (χ2v) is 3.21. The molecule has 2 rings (SSSR count). The molecule has 13 heavy (non-hydrogen) atoms. The molecule has 4 heteroatoms. The van der Waals surface area contributed by atoms with E-state index in [0.717, 1.165) is 24.6 Å². The van der Waals surface area contributed by atoms with Crippen LogP contribution in [-0.4, -0.2) is 36.3 Å². The van der Waals surface area contributed by atoms with Gasteiger partial charge in [0.25, 0.3) is 0 Å². The molecule has 4 nitrogen and oxygen atoms in total. The Morgan fingerprint density at radius 3 is 3.00 bits per heavy atom. The van der Waals surface area contributed by atoms with Crippen molar-refractivity contribution >= 4 is 11.5 Å². The lowest BCUT2D eigenvalue weighted by Crippen LogP contribution is -2.50. The Morgan fingerprint density at radius 1 is 1.62 bits per heavy atom. The summed E-state index contributed by atoms with van der Waals surface area (Å²) in [6.45, 7) is 1.46. The zero-order chi connectivity index (χ0) is 9.26. The number of anilines is 2. The van der Waals surface area contributed by atoms with Gasteiger partial charge in [0.1, 0.15) is 5.82 Å². The highest BCUT2D eigenvalue weighted by atomic mass is 16.3. The molecule has 1 aromatic heterocycles. The number of aliphatic hydroxyl groups is 1. The summed E-state index contributed by atoms with van der Waals surface area (Å²) in [4.78, 5) is 6.24. The average molecular weight is 179 g/mol. The second-order valence-electron chi connectivity index (χ2n) is 3.21. The Kier molecular flexibility index (Phi) is 2.06. The molecule has 0 saturated carbocycles. The highest BCUT2D eigenvalue weighted by Gasteiger charge is 2.24. The van der Waals surface area contributed by atoms with Crippen LogP contribution in [0.25, 0.3) is 0 Å². The monoisotopic (exact) mass is 179 g/mol. The van der Waals surface area contributed by atoms with Gasteiger partial charge in [0.2, 0.25) is 0 Å². The summed E-state index contributed by atoms with van der Waals surface area (Å²) in [5.74, 6) is 0.860. The number of β-amino-alcohol motifs (C(OH)–C–C–N with tert-alkyl or cyclic N) is 1. The number of pyridine rings is 1. The summed E-state index contributed by atoms with van der Waals surface area (Å²) in [7, 11) is 1.84. The summed E-state index contributed by atoms with van der Waals surface area (Å²) in [6, 6.07) is 3.93. The lowest BCUT2D eigenvalue weighted by Gasteiger charge is -2.37. The van der Waals surface area contributed by atoms with Gasteiger partial charge in [-0.25, -0.2) is 4.98 Å². The van der Waals surface area contributed by atoms with Crippen LogP contribution in [0.5, 0.6) is 0 Å². The summed E-state index contributed by atoms with van der Waals surface area (Å²) in [5.41, 5.74) is 1.12. The number of hydrogen-bond acceptors (Lipinski definition) is 4. The van der Waals surface area contributed by atoms with Gasteiger partial charge in [0.05, 0.1) is 6.10 Å². The smallest absolute Gasteiger partial charge is 0.127 e. The lowest BCUT2D eigenvalue weighted by atomic mass is 10.1. The third-order valence-corrected chi connectivity index (χ3v) is 2.23. The first-order valence-corrected chi connectivity index (χ1v) is 4.36. The van der Waals surface area contributed by atoms with Crippen LogP contribution in [0, 0.1) is 0 Å². The molecular weight excluding hydrogens is 166 g/mol. The highest BCUT2D eigenvalue weighted by molar-refractivity contribution is 5.55. The first-order chi connectivity index (χ1) is 6.29. The Bertz CT molecular complexity index is 297. The lowest BCUT2D eigenvalue weighted by molar-refractivity contribution is 0.142. The van der Waals surface area contributed by atoms with Crippen molar-refractivity contribution in [1.29, 1.82) is 0 Å². The van der Waals surface area contributed by atoms with Gasteiger partial charge in [0.15, 0.2) is 0 Å². The molecule has 70 valence electrons. The third kappa shape index (κ3) is 1.58. The van der Waals surface area contributed by atoms with Crippen molar-refractivity contribution in [3.05, 3.63) is 18.3 Å². The molecule has 0 atom stereocenters. The Labute approximate surface area is 77.2 Å². The van der Waals surface area contributed by atoms with E-state index in [1.165, 1.54) is 0 Å². The number of hydrogen-bond donors (Lipinski definition) is 2. The topological polar surface area (TPSA) is 48.4 Å². The summed E-state index contributed by atoms with van der Waals surface area (Å²) in [5, 5.41) is 12.1. The van der Waals surface area contributed by atoms with Gasteiger partial charge in [-0.3, -0.25) is 0 Å². The minimum atomic E-state index is -0.161. The van der Waals surface area contributed by atoms with Crippen LogP contribution in [0.15, 0.2) is 18.3 Å². The molecular formula is C9H13N3O.